The Morgan fingerprint density at radius 3 is 2.83 bits per heavy atom. The van der Waals surface area contributed by atoms with Crippen LogP contribution in [-0.4, -0.2) is 16.0 Å². The molecular weight excluding hydrogens is 304 g/mol. The Morgan fingerprint density at radius 2 is 2.12 bits per heavy atom. The van der Waals surface area contributed by atoms with Gasteiger partial charge in [0.15, 0.2) is 5.82 Å². The maximum Gasteiger partial charge on any atom is 0.258 e. The fraction of sp³-hybridized carbons (Fsp3) is 0.500. The molecule has 2 aliphatic rings. The second-order valence-electron chi connectivity index (χ2n) is 7.18. The zero-order valence-corrected chi connectivity index (χ0v) is 13.8. The maximum atomic E-state index is 12.1. The molecule has 2 saturated carbocycles. The number of carbonyl (C=O) groups excluding carboxylic acids is 1. The van der Waals surface area contributed by atoms with Crippen LogP contribution in [0, 0.1) is 11.8 Å². The van der Waals surface area contributed by atoms with Crippen LogP contribution < -0.4 is 11.1 Å². The van der Waals surface area contributed by atoms with Crippen molar-refractivity contribution in [1.82, 2.24) is 10.1 Å². The highest BCUT2D eigenvalue weighted by atomic mass is 16.5. The lowest BCUT2D eigenvalue weighted by Crippen LogP contribution is -2.34. The van der Waals surface area contributed by atoms with Crippen molar-refractivity contribution in [3.63, 3.8) is 0 Å². The number of nitrogens with one attached hydrogen (secondary N) is 1. The van der Waals surface area contributed by atoms with Crippen LogP contribution in [-0.2, 0) is 10.3 Å². The summed E-state index contributed by atoms with van der Waals surface area (Å²) in [6.45, 7) is 2.09. The predicted octanol–water partition coefficient (Wildman–Crippen LogP) is 3.06. The molecule has 2 aliphatic carbocycles. The largest absolute Gasteiger partial charge is 0.334 e. The van der Waals surface area contributed by atoms with Gasteiger partial charge < -0.3 is 15.6 Å². The quantitative estimate of drug-likeness (QED) is 0.900. The summed E-state index contributed by atoms with van der Waals surface area (Å²) in [6, 6.07) is 7.50. The zero-order chi connectivity index (χ0) is 16.7. The Bertz CT molecular complexity index is 764. The number of hydrogen-bond acceptors (Lipinski definition) is 5. The smallest absolute Gasteiger partial charge is 0.258 e. The fourth-order valence-corrected chi connectivity index (χ4v) is 3.42. The molecule has 126 valence electrons. The van der Waals surface area contributed by atoms with Crippen LogP contribution in [0.5, 0.6) is 0 Å². The monoisotopic (exact) mass is 326 g/mol. The number of anilines is 1. The summed E-state index contributed by atoms with van der Waals surface area (Å²) in [6.07, 6.45) is 4.95. The summed E-state index contributed by atoms with van der Waals surface area (Å²) < 4.78 is 5.41. The summed E-state index contributed by atoms with van der Waals surface area (Å²) in [7, 11) is 0. The van der Waals surface area contributed by atoms with E-state index >= 15 is 0 Å². The van der Waals surface area contributed by atoms with Gasteiger partial charge in [-0.2, -0.15) is 4.98 Å². The van der Waals surface area contributed by atoms with Crippen LogP contribution >= 0.6 is 0 Å². The highest BCUT2D eigenvalue weighted by Gasteiger charge is 2.39. The van der Waals surface area contributed by atoms with Crippen LogP contribution in [0.25, 0.3) is 11.5 Å². The first-order valence-electron chi connectivity index (χ1n) is 8.59. The molecule has 4 rings (SSSR count). The van der Waals surface area contributed by atoms with Crippen molar-refractivity contribution in [2.24, 2.45) is 17.6 Å². The van der Waals surface area contributed by atoms with E-state index in [9.17, 15) is 4.79 Å². The second kappa shape index (κ2) is 5.70. The summed E-state index contributed by atoms with van der Waals surface area (Å²) in [4.78, 5) is 16.6. The molecule has 6 heteroatoms. The molecule has 3 N–H and O–H groups in total. The van der Waals surface area contributed by atoms with E-state index in [2.05, 4.69) is 22.4 Å². The van der Waals surface area contributed by atoms with Crippen LogP contribution in [0.1, 0.15) is 44.9 Å². The van der Waals surface area contributed by atoms with Gasteiger partial charge in [-0.05, 0) is 43.4 Å². The van der Waals surface area contributed by atoms with Gasteiger partial charge in [-0.1, -0.05) is 31.0 Å². The minimum Gasteiger partial charge on any atom is -0.334 e. The van der Waals surface area contributed by atoms with Gasteiger partial charge >= 0.3 is 0 Å². The molecular formula is C18H22N4O2. The maximum absolute atomic E-state index is 12.1. The average molecular weight is 326 g/mol. The van der Waals surface area contributed by atoms with Crippen molar-refractivity contribution >= 4 is 11.6 Å². The third kappa shape index (κ3) is 2.82. The number of benzene rings is 1. The molecule has 1 heterocycles. The van der Waals surface area contributed by atoms with Crippen LogP contribution in [0.3, 0.4) is 0 Å². The summed E-state index contributed by atoms with van der Waals surface area (Å²) >= 11 is 0. The summed E-state index contributed by atoms with van der Waals surface area (Å²) in [5.74, 6) is 1.73. The second-order valence-corrected chi connectivity index (χ2v) is 7.18. The molecule has 24 heavy (non-hydrogen) atoms. The molecule has 0 spiro atoms. The van der Waals surface area contributed by atoms with E-state index in [0.29, 0.717) is 17.6 Å². The van der Waals surface area contributed by atoms with E-state index in [0.717, 1.165) is 43.4 Å². The Morgan fingerprint density at radius 1 is 1.38 bits per heavy atom. The van der Waals surface area contributed by atoms with Crippen molar-refractivity contribution in [2.45, 2.75) is 44.6 Å². The van der Waals surface area contributed by atoms with Gasteiger partial charge in [0.2, 0.25) is 5.91 Å². The van der Waals surface area contributed by atoms with Crippen molar-refractivity contribution in [3.8, 4) is 11.5 Å². The minimum atomic E-state index is -0.463. The molecule has 2 unspecified atom stereocenters. The van der Waals surface area contributed by atoms with E-state index in [1.807, 2.05) is 24.3 Å². The number of rotatable bonds is 4. The van der Waals surface area contributed by atoms with Gasteiger partial charge in [-0.25, -0.2) is 0 Å². The first kappa shape index (κ1) is 15.3. The van der Waals surface area contributed by atoms with Crippen molar-refractivity contribution in [2.75, 3.05) is 5.32 Å². The molecule has 0 bridgehead atoms. The van der Waals surface area contributed by atoms with Gasteiger partial charge in [-0.3, -0.25) is 4.79 Å². The van der Waals surface area contributed by atoms with E-state index < -0.39 is 5.54 Å². The molecule has 1 aromatic heterocycles. The molecule has 2 fully saturated rings. The molecule has 2 aromatic rings. The van der Waals surface area contributed by atoms with Crippen molar-refractivity contribution in [3.05, 3.63) is 30.1 Å². The van der Waals surface area contributed by atoms with Gasteiger partial charge in [0.05, 0.1) is 5.54 Å². The minimum absolute atomic E-state index is 0.0812. The number of aromatic nitrogens is 2. The third-order valence-electron chi connectivity index (χ3n) is 5.19. The summed E-state index contributed by atoms with van der Waals surface area (Å²) in [5.41, 5.74) is 7.45. The lowest BCUT2D eigenvalue weighted by atomic mass is 9.99. The predicted molar refractivity (Wildman–Crippen MR) is 90.0 cm³/mol. The highest BCUT2D eigenvalue weighted by molar-refractivity contribution is 5.94. The Kier molecular flexibility index (Phi) is 3.64. The third-order valence-corrected chi connectivity index (χ3v) is 5.19. The number of amides is 1. The Hall–Kier alpha value is -2.21. The van der Waals surface area contributed by atoms with Crippen molar-refractivity contribution < 1.29 is 9.32 Å². The first-order chi connectivity index (χ1) is 11.5. The normalized spacial score (nSPS) is 24.8. The number of nitrogens with two attached hydrogens (primary N) is 1. The molecule has 1 amide bonds. The van der Waals surface area contributed by atoms with Crippen molar-refractivity contribution in [1.29, 1.82) is 0 Å². The van der Waals surface area contributed by atoms with E-state index in [4.69, 9.17) is 10.3 Å². The average Bonchev–Trinajstić information content (AvgIpc) is 2.98. The zero-order valence-electron chi connectivity index (χ0n) is 13.8. The van der Waals surface area contributed by atoms with Crippen LogP contribution in [0.4, 0.5) is 5.69 Å². The van der Waals surface area contributed by atoms with E-state index in [1.54, 1.807) is 0 Å². The molecule has 0 aliphatic heterocycles. The van der Waals surface area contributed by atoms with Gasteiger partial charge in [0, 0.05) is 17.2 Å². The van der Waals surface area contributed by atoms with Crippen LogP contribution in [0.2, 0.25) is 0 Å². The van der Waals surface area contributed by atoms with E-state index in [1.165, 1.54) is 0 Å². The van der Waals surface area contributed by atoms with Gasteiger partial charge in [-0.15, -0.1) is 0 Å². The number of hydrogen-bond donors (Lipinski definition) is 2. The highest BCUT2D eigenvalue weighted by Crippen LogP contribution is 2.39. The molecule has 6 nitrogen and oxygen atoms in total. The summed E-state index contributed by atoms with van der Waals surface area (Å²) in [5, 5.41) is 7.05. The molecule has 1 aromatic carbocycles. The lowest BCUT2D eigenvalue weighted by Gasteiger charge is -2.17. The SMILES string of the molecule is CC1CC1C(=O)Nc1cccc(-c2nc(C3(N)CCCC3)no2)c1. The van der Waals surface area contributed by atoms with E-state index in [-0.39, 0.29) is 11.8 Å². The number of carbonyl (C=O) groups is 1. The lowest BCUT2D eigenvalue weighted by molar-refractivity contribution is -0.117. The van der Waals surface area contributed by atoms with Crippen LogP contribution in [0.15, 0.2) is 28.8 Å². The van der Waals surface area contributed by atoms with Gasteiger partial charge in [0.1, 0.15) is 0 Å². The molecule has 0 radical (unpaired) electrons. The van der Waals surface area contributed by atoms with Gasteiger partial charge in [0.25, 0.3) is 5.89 Å². The molecule has 0 saturated heterocycles. The number of nitrogens with zero attached hydrogens (tertiary/aromatic N) is 2. The Balaban J connectivity index is 1.53. The fourth-order valence-electron chi connectivity index (χ4n) is 3.42. The standard InChI is InChI=1S/C18H22N4O2/c1-11-9-14(11)15(23)20-13-6-4-5-12(10-13)16-21-17(22-24-16)18(19)7-2-3-8-18/h4-6,10-11,14H,2-3,7-9,19H2,1H3,(H,20,23). The first-order valence-corrected chi connectivity index (χ1v) is 8.59. The molecule has 2 atom stereocenters. The Labute approximate surface area is 140 Å². The topological polar surface area (TPSA) is 94.0 Å².